The van der Waals surface area contributed by atoms with E-state index >= 15 is 0 Å². The number of likely N-dealkylation sites (tertiary alicyclic amines) is 1. The summed E-state index contributed by atoms with van der Waals surface area (Å²) in [5, 5.41) is 0.704. The van der Waals surface area contributed by atoms with E-state index in [0.717, 1.165) is 44.9 Å². The Labute approximate surface area is 181 Å². The highest BCUT2D eigenvalue weighted by Crippen LogP contribution is 2.31. The summed E-state index contributed by atoms with van der Waals surface area (Å²) in [7, 11) is 0. The predicted molar refractivity (Wildman–Crippen MR) is 117 cm³/mol. The number of hydrogen-bond acceptors (Lipinski definition) is 7. The normalized spacial score (nSPS) is 17.0. The molecule has 0 atom stereocenters. The molecular formula is C22H29N5O4. The van der Waals surface area contributed by atoms with Crippen LogP contribution in [0.3, 0.4) is 0 Å². The summed E-state index contributed by atoms with van der Waals surface area (Å²) in [6.07, 6.45) is 8.22. The van der Waals surface area contributed by atoms with Crippen molar-refractivity contribution in [3.05, 3.63) is 34.8 Å². The van der Waals surface area contributed by atoms with Crippen molar-refractivity contribution in [2.45, 2.75) is 57.9 Å². The highest BCUT2D eigenvalue weighted by Gasteiger charge is 2.24. The average molecular weight is 428 g/mol. The highest BCUT2D eigenvalue weighted by atomic mass is 16.7. The summed E-state index contributed by atoms with van der Waals surface area (Å²) >= 11 is 0. The minimum Gasteiger partial charge on any atom is -0.494 e. The van der Waals surface area contributed by atoms with Crippen LogP contribution in [0.15, 0.2) is 23.6 Å². The lowest BCUT2D eigenvalue weighted by atomic mass is 10.1. The van der Waals surface area contributed by atoms with Gasteiger partial charge in [-0.15, -0.1) is 0 Å². The van der Waals surface area contributed by atoms with E-state index in [9.17, 15) is 9.59 Å². The predicted octanol–water partition coefficient (Wildman–Crippen LogP) is 3.86. The number of nitrogens with one attached hydrogen (secondary N) is 1. The van der Waals surface area contributed by atoms with Crippen LogP contribution in [0, 0.1) is 0 Å². The molecule has 1 aliphatic heterocycles. The number of aromatic nitrogens is 3. The molecule has 4 rings (SSSR count). The van der Waals surface area contributed by atoms with Gasteiger partial charge in [0.2, 0.25) is 0 Å². The third-order valence-electron chi connectivity index (χ3n) is 5.93. The molecule has 1 saturated heterocycles. The molecule has 1 N–H and O–H groups in total. The molecule has 166 valence electrons. The van der Waals surface area contributed by atoms with Crippen LogP contribution in [-0.4, -0.2) is 45.2 Å². The number of amides is 1. The Kier molecular flexibility index (Phi) is 6.39. The monoisotopic (exact) mass is 427 g/mol. The van der Waals surface area contributed by atoms with Gasteiger partial charge in [-0.05, 0) is 45.1 Å². The summed E-state index contributed by atoms with van der Waals surface area (Å²) in [5.41, 5.74) is 3.31. The Morgan fingerprint density at radius 1 is 1.23 bits per heavy atom. The average Bonchev–Trinajstić information content (AvgIpc) is 3.32. The number of piperidine rings is 1. The van der Waals surface area contributed by atoms with Crippen molar-refractivity contribution in [2.75, 3.05) is 25.2 Å². The standard InChI is InChI=1S/C22H29N5O4/c1-3-30-15(2)18-13-16-14-23-21(25-31-22(29)26-11-7-4-8-12-26)24-19(16)27(20(18)28)17-9-5-6-10-17/h13-14,17H,2-12H2,1H3,(H,23,24,25). The topological polar surface area (TPSA) is 98.6 Å². The number of ether oxygens (including phenoxy) is 1. The van der Waals surface area contributed by atoms with Crippen LogP contribution in [0.2, 0.25) is 0 Å². The summed E-state index contributed by atoms with van der Waals surface area (Å²) in [6, 6.07) is 1.77. The Hall–Kier alpha value is -3.10. The van der Waals surface area contributed by atoms with Gasteiger partial charge in [0, 0.05) is 30.7 Å². The molecule has 0 aromatic carbocycles. The molecule has 2 aliphatic rings. The third-order valence-corrected chi connectivity index (χ3v) is 5.93. The highest BCUT2D eigenvalue weighted by molar-refractivity contribution is 5.79. The van der Waals surface area contributed by atoms with Gasteiger partial charge in [0.1, 0.15) is 11.4 Å². The van der Waals surface area contributed by atoms with Gasteiger partial charge in [0.25, 0.3) is 11.5 Å². The molecule has 0 unspecified atom stereocenters. The molecule has 1 amide bonds. The molecule has 0 spiro atoms. The maximum absolute atomic E-state index is 13.3. The number of hydrogen-bond donors (Lipinski definition) is 1. The van der Waals surface area contributed by atoms with Gasteiger partial charge in [-0.3, -0.25) is 9.36 Å². The van der Waals surface area contributed by atoms with Gasteiger partial charge in [-0.25, -0.2) is 9.78 Å². The second kappa shape index (κ2) is 9.36. The van der Waals surface area contributed by atoms with Crippen molar-refractivity contribution in [3.63, 3.8) is 0 Å². The number of fused-ring (bicyclic) bond motifs is 1. The van der Waals surface area contributed by atoms with Crippen LogP contribution in [0.25, 0.3) is 16.8 Å². The Bertz CT molecular complexity index is 1020. The van der Waals surface area contributed by atoms with Crippen molar-refractivity contribution in [1.29, 1.82) is 0 Å². The molecule has 2 fully saturated rings. The molecular weight excluding hydrogens is 398 g/mol. The van der Waals surface area contributed by atoms with Crippen molar-refractivity contribution in [3.8, 4) is 0 Å². The summed E-state index contributed by atoms with van der Waals surface area (Å²) in [6.45, 7) is 7.57. The summed E-state index contributed by atoms with van der Waals surface area (Å²) in [4.78, 5) is 41.2. The fraction of sp³-hybridized carbons (Fsp3) is 0.545. The molecule has 9 nitrogen and oxygen atoms in total. The zero-order valence-electron chi connectivity index (χ0n) is 17.9. The van der Waals surface area contributed by atoms with Gasteiger partial charge in [0.05, 0.1) is 12.2 Å². The van der Waals surface area contributed by atoms with Crippen molar-refractivity contribution in [1.82, 2.24) is 19.4 Å². The fourth-order valence-electron chi connectivity index (χ4n) is 4.35. The smallest absolute Gasteiger partial charge is 0.434 e. The number of carbonyl (C=O) groups excluding carboxylic acids is 1. The van der Waals surface area contributed by atoms with Crippen molar-refractivity contribution >= 4 is 28.8 Å². The zero-order valence-corrected chi connectivity index (χ0v) is 17.9. The van der Waals surface area contributed by atoms with Crippen LogP contribution in [-0.2, 0) is 9.57 Å². The molecule has 0 bridgehead atoms. The molecule has 1 saturated carbocycles. The SMILES string of the molecule is C=C(OCC)c1cc2cnc(NOC(=O)N3CCCCC3)nc2n(C2CCCC2)c1=O. The second-order valence-electron chi connectivity index (χ2n) is 8.02. The first-order valence-corrected chi connectivity index (χ1v) is 11.0. The van der Waals surface area contributed by atoms with E-state index in [4.69, 9.17) is 9.57 Å². The van der Waals surface area contributed by atoms with Gasteiger partial charge in [-0.2, -0.15) is 10.5 Å². The first-order valence-electron chi connectivity index (χ1n) is 11.0. The first-order chi connectivity index (χ1) is 15.1. The van der Waals surface area contributed by atoms with Gasteiger partial charge in [-0.1, -0.05) is 19.4 Å². The van der Waals surface area contributed by atoms with E-state index in [-0.39, 0.29) is 17.5 Å². The van der Waals surface area contributed by atoms with Gasteiger partial charge < -0.3 is 14.5 Å². The zero-order chi connectivity index (χ0) is 21.8. The van der Waals surface area contributed by atoms with E-state index in [0.29, 0.717) is 42.1 Å². The Balaban J connectivity index is 1.65. The number of nitrogens with zero attached hydrogens (tertiary/aromatic N) is 4. The molecule has 3 heterocycles. The third kappa shape index (κ3) is 4.50. The van der Waals surface area contributed by atoms with E-state index in [2.05, 4.69) is 22.0 Å². The van der Waals surface area contributed by atoms with Crippen molar-refractivity contribution < 1.29 is 14.4 Å². The minimum atomic E-state index is -0.444. The molecule has 2 aromatic heterocycles. The maximum atomic E-state index is 13.3. The van der Waals surface area contributed by atoms with Gasteiger partial charge in [0.15, 0.2) is 0 Å². The quantitative estimate of drug-likeness (QED) is 0.552. The second-order valence-corrected chi connectivity index (χ2v) is 8.02. The number of carbonyl (C=O) groups is 1. The van der Waals surface area contributed by atoms with Crippen LogP contribution in [0.5, 0.6) is 0 Å². The van der Waals surface area contributed by atoms with E-state index in [1.54, 1.807) is 21.7 Å². The largest absolute Gasteiger partial charge is 0.494 e. The summed E-state index contributed by atoms with van der Waals surface area (Å²) < 4.78 is 7.22. The number of anilines is 1. The van der Waals surface area contributed by atoms with Crippen LogP contribution in [0.4, 0.5) is 10.7 Å². The van der Waals surface area contributed by atoms with E-state index in [1.165, 1.54) is 0 Å². The lowest BCUT2D eigenvalue weighted by Gasteiger charge is -2.25. The van der Waals surface area contributed by atoms with Crippen molar-refractivity contribution in [2.24, 2.45) is 0 Å². The van der Waals surface area contributed by atoms with Crippen LogP contribution >= 0.6 is 0 Å². The van der Waals surface area contributed by atoms with E-state index < -0.39 is 6.09 Å². The molecule has 2 aromatic rings. The van der Waals surface area contributed by atoms with Gasteiger partial charge >= 0.3 is 6.09 Å². The molecule has 1 aliphatic carbocycles. The lowest BCUT2D eigenvalue weighted by molar-refractivity contribution is 0.113. The lowest BCUT2D eigenvalue weighted by Crippen LogP contribution is -2.37. The molecule has 9 heteroatoms. The van der Waals surface area contributed by atoms with Crippen LogP contribution in [0.1, 0.15) is 63.5 Å². The number of rotatable bonds is 6. The molecule has 0 radical (unpaired) electrons. The molecule has 31 heavy (non-hydrogen) atoms. The minimum absolute atomic E-state index is 0.0584. The number of pyridine rings is 1. The Morgan fingerprint density at radius 2 is 1.97 bits per heavy atom. The van der Waals surface area contributed by atoms with Crippen LogP contribution < -0.4 is 11.0 Å². The fourth-order valence-corrected chi connectivity index (χ4v) is 4.35. The maximum Gasteiger partial charge on any atom is 0.434 e. The van der Waals surface area contributed by atoms with E-state index in [1.807, 2.05) is 6.92 Å². The first kappa shape index (κ1) is 21.1. The summed E-state index contributed by atoms with van der Waals surface area (Å²) in [5.74, 6) is 0.485. The Morgan fingerprint density at radius 3 is 2.68 bits per heavy atom.